The van der Waals surface area contributed by atoms with E-state index in [4.69, 9.17) is 23.7 Å². The number of hydrogen-bond donors (Lipinski definition) is 0. The predicted octanol–water partition coefficient (Wildman–Crippen LogP) is 0.122. The minimum Gasteiger partial charge on any atom is -0.456 e. The van der Waals surface area contributed by atoms with E-state index in [1.807, 2.05) is 0 Å². The molecule has 5 atom stereocenters. The Hall–Kier alpha value is -1.74. The first-order valence-corrected chi connectivity index (χ1v) is 6.56. The summed E-state index contributed by atoms with van der Waals surface area (Å²) in [6.45, 7) is 3.20. The molecule has 22 heavy (non-hydrogen) atoms. The third-order valence-corrected chi connectivity index (χ3v) is 2.81. The summed E-state index contributed by atoms with van der Waals surface area (Å²) in [7, 11) is 1.35. The van der Waals surface area contributed by atoms with Crippen LogP contribution < -0.4 is 0 Å². The molecule has 0 spiro atoms. The van der Waals surface area contributed by atoms with Gasteiger partial charge < -0.3 is 23.7 Å². The number of carbonyl (C=O) groups is 3. The minimum absolute atomic E-state index is 0.108. The summed E-state index contributed by atoms with van der Waals surface area (Å²) in [5.74, 6) is -2.23. The second kappa shape index (κ2) is 8.04. The highest BCUT2D eigenvalue weighted by molar-refractivity contribution is 5.68. The van der Waals surface area contributed by atoms with Gasteiger partial charge in [0.05, 0.1) is 6.61 Å². The van der Waals surface area contributed by atoms with Crippen LogP contribution in [0.2, 0.25) is 0 Å². The van der Waals surface area contributed by atoms with Crippen LogP contribution in [0.5, 0.6) is 0 Å². The van der Waals surface area contributed by atoms with Crippen molar-refractivity contribution >= 4 is 17.9 Å². The van der Waals surface area contributed by atoms with Crippen molar-refractivity contribution in [3.05, 3.63) is 0 Å². The average Bonchev–Trinajstić information content (AvgIpc) is 2.37. The zero-order chi connectivity index (χ0) is 16.9. The quantitative estimate of drug-likeness (QED) is 0.520. The summed E-state index contributed by atoms with van der Waals surface area (Å²) in [6, 6.07) is 0. The van der Waals surface area contributed by atoms with E-state index in [1.165, 1.54) is 7.11 Å². The zero-order valence-corrected chi connectivity index (χ0v) is 12.7. The summed E-state index contributed by atoms with van der Waals surface area (Å²) in [5.41, 5.74) is 0. The molecule has 1 aliphatic heterocycles. The average molecular weight is 322 g/mol. The number of alkyl halides is 1. The molecule has 0 radical (unpaired) electrons. The largest absolute Gasteiger partial charge is 0.456 e. The minimum atomic E-state index is -2.06. The molecule has 0 amide bonds. The van der Waals surface area contributed by atoms with Gasteiger partial charge in [-0.25, -0.2) is 4.39 Å². The fourth-order valence-corrected chi connectivity index (χ4v) is 2.14. The lowest BCUT2D eigenvalue weighted by Crippen LogP contribution is -2.61. The Kier molecular flexibility index (Phi) is 6.69. The monoisotopic (exact) mass is 322 g/mol. The lowest BCUT2D eigenvalue weighted by Gasteiger charge is -2.41. The topological polar surface area (TPSA) is 97.4 Å². The number of halogens is 1. The molecular formula is C13H19FO8. The molecule has 1 fully saturated rings. The first-order chi connectivity index (χ1) is 10.3. The van der Waals surface area contributed by atoms with Crippen LogP contribution in [-0.4, -0.2) is 62.4 Å². The van der Waals surface area contributed by atoms with Crippen molar-refractivity contribution in [1.29, 1.82) is 0 Å². The van der Waals surface area contributed by atoms with E-state index >= 15 is 0 Å². The summed E-state index contributed by atoms with van der Waals surface area (Å²) in [6.07, 6.45) is -7.12. The molecular weight excluding hydrogens is 303 g/mol. The van der Waals surface area contributed by atoms with Crippen molar-refractivity contribution in [2.75, 3.05) is 13.7 Å². The molecule has 0 aliphatic carbocycles. The molecule has 0 bridgehead atoms. The second-order valence-electron chi connectivity index (χ2n) is 4.70. The maximum absolute atomic E-state index is 14.1. The smallest absolute Gasteiger partial charge is 0.303 e. The van der Waals surface area contributed by atoms with Crippen LogP contribution in [0.3, 0.4) is 0 Å². The normalized spacial score (nSPS) is 31.2. The molecule has 126 valence electrons. The van der Waals surface area contributed by atoms with Gasteiger partial charge in [0, 0.05) is 27.9 Å². The van der Waals surface area contributed by atoms with Crippen LogP contribution in [-0.2, 0) is 38.1 Å². The predicted molar refractivity (Wildman–Crippen MR) is 68.3 cm³/mol. The van der Waals surface area contributed by atoms with Gasteiger partial charge in [0.2, 0.25) is 6.36 Å². The van der Waals surface area contributed by atoms with Crippen LogP contribution in [0.4, 0.5) is 4.39 Å². The summed E-state index contributed by atoms with van der Waals surface area (Å²) in [4.78, 5) is 33.6. The molecule has 0 saturated carbocycles. The Morgan fingerprint density at radius 2 is 1.36 bits per heavy atom. The molecule has 1 rings (SSSR count). The Labute approximate surface area is 126 Å². The van der Waals surface area contributed by atoms with Gasteiger partial charge in [-0.15, -0.1) is 0 Å². The molecule has 1 heterocycles. The van der Waals surface area contributed by atoms with Gasteiger partial charge >= 0.3 is 17.9 Å². The van der Waals surface area contributed by atoms with E-state index < -0.39 is 48.7 Å². The van der Waals surface area contributed by atoms with Gasteiger partial charge in [-0.05, 0) is 0 Å². The molecule has 0 N–H and O–H groups in total. The van der Waals surface area contributed by atoms with Crippen LogP contribution in [0.25, 0.3) is 0 Å². The van der Waals surface area contributed by atoms with Gasteiger partial charge in [-0.2, -0.15) is 0 Å². The summed E-state index contributed by atoms with van der Waals surface area (Å²) < 4.78 is 38.9. The Balaban J connectivity index is 3.09. The van der Waals surface area contributed by atoms with Crippen molar-refractivity contribution in [2.24, 2.45) is 0 Å². The fraction of sp³-hybridized carbons (Fsp3) is 0.769. The molecule has 0 aromatic carbocycles. The standard InChI is InChI=1S/C13H19FO8/c1-6(15)19-10-9(5-18-4)22-13(14)12(21-8(3)17)11(10)20-7(2)16/h9-13H,5H2,1-4H3/t9-,10+,11+,12-,13-/m1/s1. The molecule has 8 nitrogen and oxygen atoms in total. The molecule has 0 aromatic rings. The first-order valence-electron chi connectivity index (χ1n) is 6.56. The van der Waals surface area contributed by atoms with E-state index in [2.05, 4.69) is 0 Å². The van der Waals surface area contributed by atoms with E-state index in [0.717, 1.165) is 20.8 Å². The molecule has 0 unspecified atom stereocenters. The third-order valence-electron chi connectivity index (χ3n) is 2.81. The van der Waals surface area contributed by atoms with Crippen LogP contribution in [0.15, 0.2) is 0 Å². The Bertz CT molecular complexity index is 426. The number of hydrogen-bond acceptors (Lipinski definition) is 8. The van der Waals surface area contributed by atoms with E-state index in [1.54, 1.807) is 0 Å². The van der Waals surface area contributed by atoms with Gasteiger partial charge in [0.25, 0.3) is 0 Å². The SMILES string of the molecule is COC[C@H]1O[C@@H](F)[C@H](OC(C)=O)[C@@H](OC(C)=O)[C@H]1OC(C)=O. The van der Waals surface area contributed by atoms with Crippen molar-refractivity contribution < 1.29 is 42.5 Å². The Morgan fingerprint density at radius 3 is 1.82 bits per heavy atom. The van der Waals surface area contributed by atoms with Crippen molar-refractivity contribution in [2.45, 2.75) is 51.5 Å². The van der Waals surface area contributed by atoms with Crippen molar-refractivity contribution in [3.63, 3.8) is 0 Å². The van der Waals surface area contributed by atoms with Gasteiger partial charge in [-0.3, -0.25) is 14.4 Å². The van der Waals surface area contributed by atoms with Crippen molar-refractivity contribution in [3.8, 4) is 0 Å². The van der Waals surface area contributed by atoms with E-state index in [-0.39, 0.29) is 6.61 Å². The fourth-order valence-electron chi connectivity index (χ4n) is 2.14. The number of rotatable bonds is 5. The number of methoxy groups -OCH3 is 1. The van der Waals surface area contributed by atoms with Gasteiger partial charge in [-0.1, -0.05) is 0 Å². The highest BCUT2D eigenvalue weighted by Gasteiger charge is 2.52. The lowest BCUT2D eigenvalue weighted by molar-refractivity contribution is -0.277. The number of ether oxygens (including phenoxy) is 5. The maximum Gasteiger partial charge on any atom is 0.303 e. The highest BCUT2D eigenvalue weighted by Crippen LogP contribution is 2.29. The van der Waals surface area contributed by atoms with Gasteiger partial charge in [0.15, 0.2) is 18.3 Å². The van der Waals surface area contributed by atoms with Gasteiger partial charge in [0.1, 0.15) is 6.10 Å². The lowest BCUT2D eigenvalue weighted by atomic mass is 9.98. The van der Waals surface area contributed by atoms with Crippen LogP contribution >= 0.6 is 0 Å². The molecule has 0 aromatic heterocycles. The summed E-state index contributed by atoms with van der Waals surface area (Å²) >= 11 is 0. The van der Waals surface area contributed by atoms with Crippen LogP contribution in [0.1, 0.15) is 20.8 Å². The first kappa shape index (κ1) is 18.3. The highest BCUT2D eigenvalue weighted by atomic mass is 19.1. The van der Waals surface area contributed by atoms with Crippen LogP contribution in [0, 0.1) is 0 Å². The molecule has 1 saturated heterocycles. The number of esters is 3. The zero-order valence-electron chi connectivity index (χ0n) is 12.7. The van der Waals surface area contributed by atoms with Crippen molar-refractivity contribution in [1.82, 2.24) is 0 Å². The maximum atomic E-state index is 14.1. The summed E-state index contributed by atoms with van der Waals surface area (Å²) in [5, 5.41) is 0. The third kappa shape index (κ3) is 4.92. The Morgan fingerprint density at radius 1 is 0.909 bits per heavy atom. The number of carbonyl (C=O) groups excluding carboxylic acids is 3. The van der Waals surface area contributed by atoms with E-state index in [0.29, 0.717) is 0 Å². The molecule has 9 heteroatoms. The van der Waals surface area contributed by atoms with E-state index in [9.17, 15) is 18.8 Å². The molecule has 1 aliphatic rings. The second-order valence-corrected chi connectivity index (χ2v) is 4.70.